The van der Waals surface area contributed by atoms with E-state index in [0.717, 1.165) is 0 Å². The van der Waals surface area contributed by atoms with Crippen molar-refractivity contribution in [2.45, 2.75) is 0 Å². The summed E-state index contributed by atoms with van der Waals surface area (Å²) in [5.74, 6) is -1.99. The largest absolute Gasteiger partial charge is 0.507 e. The molecule has 106 valence electrons. The number of hydrogen-bond acceptors (Lipinski definition) is 2. The molecule has 0 aliphatic rings. The van der Waals surface area contributed by atoms with E-state index in [9.17, 15) is 10.2 Å². The standard InChI is InChI=1S/C20H14O2/c21-17-11-9-13-5-1-3-7-15(13)19(17)20-16-8-4-2-6-14(16)10-12-18(20)22/h1-12,21-22H/i1D,2D,3D,4D,5D,6D,7D,8D,9D,10D,11D,12D. The summed E-state index contributed by atoms with van der Waals surface area (Å²) in [6.07, 6.45) is 0. The second-order valence-corrected chi connectivity index (χ2v) is 4.45. The van der Waals surface area contributed by atoms with Crippen molar-refractivity contribution in [3.05, 3.63) is 72.5 Å². The lowest BCUT2D eigenvalue weighted by Gasteiger charge is -2.14. The second-order valence-electron chi connectivity index (χ2n) is 4.45. The molecule has 4 rings (SSSR count). The Labute approximate surface area is 144 Å². The van der Waals surface area contributed by atoms with Gasteiger partial charge in [-0.3, -0.25) is 0 Å². The third-order valence-electron chi connectivity index (χ3n) is 3.21. The van der Waals surface area contributed by atoms with Gasteiger partial charge in [0.25, 0.3) is 0 Å². The Morgan fingerprint density at radius 2 is 0.955 bits per heavy atom. The monoisotopic (exact) mass is 298 g/mol. The van der Waals surface area contributed by atoms with Crippen LogP contribution in [-0.2, 0) is 0 Å². The zero-order chi connectivity index (χ0) is 25.5. The van der Waals surface area contributed by atoms with Crippen molar-refractivity contribution in [1.29, 1.82) is 0 Å². The molecule has 0 unspecified atom stereocenters. The van der Waals surface area contributed by atoms with Gasteiger partial charge in [-0.25, -0.2) is 0 Å². The van der Waals surface area contributed by atoms with Gasteiger partial charge in [-0.2, -0.15) is 0 Å². The van der Waals surface area contributed by atoms with Gasteiger partial charge < -0.3 is 10.2 Å². The van der Waals surface area contributed by atoms with Crippen molar-refractivity contribution in [2.75, 3.05) is 0 Å². The predicted molar refractivity (Wildman–Crippen MR) is 90.2 cm³/mol. The fourth-order valence-corrected chi connectivity index (χ4v) is 2.28. The molecule has 0 saturated heterocycles. The number of phenols is 2. The van der Waals surface area contributed by atoms with Crippen molar-refractivity contribution in [3.63, 3.8) is 0 Å². The van der Waals surface area contributed by atoms with Crippen LogP contribution in [0.2, 0.25) is 0 Å². The molecule has 0 aliphatic carbocycles. The minimum Gasteiger partial charge on any atom is -0.507 e. The summed E-state index contributed by atoms with van der Waals surface area (Å²) in [6, 6.07) is -8.92. The average Bonchev–Trinajstić information content (AvgIpc) is 2.80. The smallest absolute Gasteiger partial charge is 0.124 e. The van der Waals surface area contributed by atoms with E-state index in [2.05, 4.69) is 0 Å². The molecular formula is C20H14O2. The molecule has 2 N–H and O–H groups in total. The predicted octanol–water partition coefficient (Wildman–Crippen LogP) is 5.07. The first-order chi connectivity index (χ1) is 15.7. The molecule has 2 nitrogen and oxygen atoms in total. The van der Waals surface area contributed by atoms with Gasteiger partial charge in [0, 0.05) is 11.1 Å². The van der Waals surface area contributed by atoms with Gasteiger partial charge in [0.05, 0.1) is 16.4 Å². The SMILES string of the molecule is [2H]c1c([2H])c([2H])c2c(-c3c(O)c([2H])c([2H])c4c([2H])c([2H])c([2H])c([2H])c34)c(O)c([2H])c([2H])c2c1[2H]. The van der Waals surface area contributed by atoms with Crippen LogP contribution in [0.4, 0.5) is 0 Å². The maximum Gasteiger partial charge on any atom is 0.124 e. The highest BCUT2D eigenvalue weighted by Crippen LogP contribution is 2.44. The maximum absolute atomic E-state index is 10.9. The summed E-state index contributed by atoms with van der Waals surface area (Å²) in [7, 11) is 0. The third-order valence-corrected chi connectivity index (χ3v) is 3.21. The van der Waals surface area contributed by atoms with Crippen LogP contribution in [0, 0.1) is 0 Å². The van der Waals surface area contributed by atoms with Gasteiger partial charge in [0.15, 0.2) is 0 Å². The van der Waals surface area contributed by atoms with E-state index in [1.54, 1.807) is 0 Å². The van der Waals surface area contributed by atoms with Gasteiger partial charge in [-0.15, -0.1) is 0 Å². The van der Waals surface area contributed by atoms with E-state index in [1.165, 1.54) is 0 Å². The Bertz CT molecular complexity index is 1460. The third kappa shape index (κ3) is 1.81. The number of aromatic hydroxyl groups is 2. The first-order valence-electron chi connectivity index (χ1n) is 12.2. The molecule has 4 aromatic carbocycles. The van der Waals surface area contributed by atoms with Crippen LogP contribution in [0.5, 0.6) is 11.5 Å². The maximum atomic E-state index is 10.9. The Kier molecular flexibility index (Phi) is 1.16. The van der Waals surface area contributed by atoms with Crippen LogP contribution in [0.3, 0.4) is 0 Å². The summed E-state index contributed by atoms with van der Waals surface area (Å²) in [5, 5.41) is 19.8. The molecule has 4 aromatic rings. The number of benzene rings is 4. The molecule has 0 fully saturated rings. The van der Waals surface area contributed by atoms with Crippen molar-refractivity contribution >= 4 is 21.5 Å². The number of hydrogen-bond donors (Lipinski definition) is 2. The minimum atomic E-state index is -0.997. The van der Waals surface area contributed by atoms with Gasteiger partial charge >= 0.3 is 0 Å². The summed E-state index contributed by atoms with van der Waals surface area (Å²) >= 11 is 0. The Hall–Kier alpha value is -3.00. The van der Waals surface area contributed by atoms with E-state index in [-0.39, 0.29) is 0 Å². The molecule has 2 heteroatoms. The van der Waals surface area contributed by atoms with Crippen LogP contribution in [-0.4, -0.2) is 10.2 Å². The van der Waals surface area contributed by atoms with Crippen LogP contribution in [0.15, 0.2) is 72.5 Å². The van der Waals surface area contributed by atoms with Gasteiger partial charge in [0.2, 0.25) is 0 Å². The molecule has 0 heterocycles. The first-order valence-corrected chi connectivity index (χ1v) is 6.20. The van der Waals surface area contributed by atoms with Crippen molar-refractivity contribution < 1.29 is 26.7 Å². The molecule has 0 saturated carbocycles. The summed E-state index contributed by atoms with van der Waals surface area (Å²) in [4.78, 5) is 0. The molecule has 0 spiro atoms. The highest BCUT2D eigenvalue weighted by atomic mass is 16.3. The fraction of sp³-hybridized carbons (Fsp3) is 0. The normalized spacial score (nSPS) is 18.7. The lowest BCUT2D eigenvalue weighted by molar-refractivity contribution is 0.470. The summed E-state index contributed by atoms with van der Waals surface area (Å²) in [6.45, 7) is 0. The summed E-state index contributed by atoms with van der Waals surface area (Å²) < 4.78 is 97.6. The van der Waals surface area contributed by atoms with Crippen LogP contribution >= 0.6 is 0 Å². The number of fused-ring (bicyclic) bond motifs is 2. The van der Waals surface area contributed by atoms with E-state index in [4.69, 9.17) is 16.4 Å². The Balaban J connectivity index is 2.48. The van der Waals surface area contributed by atoms with E-state index in [1.807, 2.05) is 0 Å². The van der Waals surface area contributed by atoms with E-state index >= 15 is 0 Å². The van der Waals surface area contributed by atoms with Crippen LogP contribution in [0.1, 0.15) is 16.4 Å². The molecular weight excluding hydrogens is 272 g/mol. The number of phenolic OH excluding ortho intramolecular Hbond substituents is 2. The van der Waals surface area contributed by atoms with E-state index < -0.39 is 117 Å². The van der Waals surface area contributed by atoms with Gasteiger partial charge in [0.1, 0.15) is 11.5 Å². The highest BCUT2D eigenvalue weighted by Gasteiger charge is 2.16. The van der Waals surface area contributed by atoms with E-state index in [0.29, 0.717) is 0 Å². The molecule has 0 amide bonds. The molecule has 0 aromatic heterocycles. The topological polar surface area (TPSA) is 40.5 Å². The number of rotatable bonds is 1. The molecule has 22 heavy (non-hydrogen) atoms. The zero-order valence-electron chi connectivity index (χ0n) is 22.9. The van der Waals surface area contributed by atoms with Crippen molar-refractivity contribution in [2.24, 2.45) is 0 Å². The van der Waals surface area contributed by atoms with Crippen LogP contribution in [0.25, 0.3) is 32.7 Å². The molecule has 0 bridgehead atoms. The van der Waals surface area contributed by atoms with Crippen molar-refractivity contribution in [3.8, 4) is 22.6 Å². The first kappa shape index (κ1) is 5.33. The summed E-state index contributed by atoms with van der Waals surface area (Å²) in [5.41, 5.74) is -1.21. The Morgan fingerprint density at radius 3 is 1.41 bits per heavy atom. The fourth-order valence-electron chi connectivity index (χ4n) is 2.28. The van der Waals surface area contributed by atoms with Gasteiger partial charge in [-0.05, 0) is 33.6 Å². The van der Waals surface area contributed by atoms with Crippen LogP contribution < -0.4 is 0 Å². The van der Waals surface area contributed by atoms with Gasteiger partial charge in [-0.1, -0.05) is 60.4 Å². The lowest BCUT2D eigenvalue weighted by atomic mass is 9.92. The van der Waals surface area contributed by atoms with Crippen molar-refractivity contribution in [1.82, 2.24) is 0 Å². The lowest BCUT2D eigenvalue weighted by Crippen LogP contribution is -1.86. The molecule has 0 aliphatic heterocycles. The minimum absolute atomic E-state index is 0.460. The molecule has 0 atom stereocenters. The zero-order valence-corrected chi connectivity index (χ0v) is 10.9. The quantitative estimate of drug-likeness (QED) is 0.515. The molecule has 0 radical (unpaired) electrons. The highest BCUT2D eigenvalue weighted by molar-refractivity contribution is 6.09. The second kappa shape index (κ2) is 4.78. The average molecular weight is 298 g/mol. The Morgan fingerprint density at radius 1 is 0.545 bits per heavy atom.